The standard InChI is InChI=1S/C27H28ClN3O4/c1-17(2)24(31(13-6-12-29)27(33)22-11-14-34-30-22)26-21(15-18-7-4-3-5-8-18)25(32)20-10-9-19(28)16-23(20)35-26/h3-5,7-11,14,16-17,24H,6,12-13,15,29H2,1-2H3. The van der Waals surface area contributed by atoms with Crippen LogP contribution in [-0.2, 0) is 6.42 Å². The molecule has 2 aromatic carbocycles. The van der Waals surface area contributed by atoms with Gasteiger partial charge in [0.2, 0.25) is 0 Å². The Morgan fingerprint density at radius 3 is 2.57 bits per heavy atom. The van der Waals surface area contributed by atoms with E-state index in [0.717, 1.165) is 5.56 Å². The van der Waals surface area contributed by atoms with Crippen molar-refractivity contribution in [2.75, 3.05) is 13.1 Å². The number of nitrogens with zero attached hydrogens (tertiary/aromatic N) is 2. The Morgan fingerprint density at radius 1 is 1.14 bits per heavy atom. The Bertz CT molecular complexity index is 1350. The first-order valence-corrected chi connectivity index (χ1v) is 12.0. The number of nitrogens with two attached hydrogens (primary N) is 1. The minimum atomic E-state index is -0.541. The van der Waals surface area contributed by atoms with Gasteiger partial charge in [-0.15, -0.1) is 0 Å². The average molecular weight is 494 g/mol. The topological polar surface area (TPSA) is 103 Å². The van der Waals surface area contributed by atoms with Crippen molar-refractivity contribution in [3.8, 4) is 0 Å². The van der Waals surface area contributed by atoms with Gasteiger partial charge in [0.25, 0.3) is 5.91 Å². The number of aromatic nitrogens is 1. The second-order valence-electron chi connectivity index (χ2n) is 8.79. The third-order valence-electron chi connectivity index (χ3n) is 5.96. The highest BCUT2D eigenvalue weighted by Crippen LogP contribution is 2.34. The van der Waals surface area contributed by atoms with E-state index in [-0.39, 0.29) is 22.9 Å². The van der Waals surface area contributed by atoms with Gasteiger partial charge >= 0.3 is 0 Å². The molecule has 0 spiro atoms. The van der Waals surface area contributed by atoms with Crippen LogP contribution in [0.25, 0.3) is 11.0 Å². The molecule has 0 saturated heterocycles. The van der Waals surface area contributed by atoms with Crippen molar-refractivity contribution in [3.05, 3.63) is 98.7 Å². The van der Waals surface area contributed by atoms with Crippen molar-refractivity contribution in [2.45, 2.75) is 32.7 Å². The van der Waals surface area contributed by atoms with Gasteiger partial charge in [0.15, 0.2) is 11.1 Å². The molecular formula is C27H28ClN3O4. The summed E-state index contributed by atoms with van der Waals surface area (Å²) in [6.07, 6.45) is 2.30. The van der Waals surface area contributed by atoms with E-state index in [2.05, 4.69) is 5.16 Å². The average Bonchev–Trinajstić information content (AvgIpc) is 3.38. The normalized spacial score (nSPS) is 12.3. The van der Waals surface area contributed by atoms with Crippen LogP contribution in [-0.4, -0.2) is 29.1 Å². The summed E-state index contributed by atoms with van der Waals surface area (Å²) in [5.41, 5.74) is 7.70. The molecule has 8 heteroatoms. The van der Waals surface area contributed by atoms with Crippen LogP contribution in [0.1, 0.15) is 53.7 Å². The summed E-state index contributed by atoms with van der Waals surface area (Å²) in [6.45, 7) is 4.75. The fourth-order valence-electron chi connectivity index (χ4n) is 4.33. The fraction of sp³-hybridized carbons (Fsp3) is 0.296. The Balaban J connectivity index is 1.94. The zero-order valence-electron chi connectivity index (χ0n) is 19.7. The van der Waals surface area contributed by atoms with E-state index in [4.69, 9.17) is 26.3 Å². The highest BCUT2D eigenvalue weighted by atomic mass is 35.5. The Labute approximate surface area is 208 Å². The zero-order valence-corrected chi connectivity index (χ0v) is 20.5. The summed E-state index contributed by atoms with van der Waals surface area (Å²) in [4.78, 5) is 29.0. The van der Waals surface area contributed by atoms with Crippen LogP contribution in [0.3, 0.4) is 0 Å². The molecule has 1 atom stereocenters. The molecule has 0 aliphatic rings. The lowest BCUT2D eigenvalue weighted by atomic mass is 9.92. The summed E-state index contributed by atoms with van der Waals surface area (Å²) < 4.78 is 11.3. The van der Waals surface area contributed by atoms with Crippen molar-refractivity contribution in [1.82, 2.24) is 10.1 Å². The molecule has 0 radical (unpaired) electrons. The molecular weight excluding hydrogens is 466 g/mol. The van der Waals surface area contributed by atoms with Gasteiger partial charge in [-0.2, -0.15) is 0 Å². The van der Waals surface area contributed by atoms with E-state index < -0.39 is 6.04 Å². The summed E-state index contributed by atoms with van der Waals surface area (Å²) in [6, 6.07) is 15.7. The van der Waals surface area contributed by atoms with Crippen LogP contribution in [0.4, 0.5) is 0 Å². The molecule has 7 nitrogen and oxygen atoms in total. The lowest BCUT2D eigenvalue weighted by Crippen LogP contribution is -2.40. The van der Waals surface area contributed by atoms with Crippen molar-refractivity contribution >= 4 is 28.5 Å². The van der Waals surface area contributed by atoms with Crippen LogP contribution in [0.2, 0.25) is 5.02 Å². The number of halogens is 1. The number of benzene rings is 2. The number of carbonyl (C=O) groups excluding carboxylic acids is 1. The number of amides is 1. The van der Waals surface area contributed by atoms with E-state index in [0.29, 0.717) is 53.2 Å². The van der Waals surface area contributed by atoms with E-state index >= 15 is 0 Å². The minimum absolute atomic E-state index is 0.0852. The maximum Gasteiger partial charge on any atom is 0.276 e. The molecule has 2 N–H and O–H groups in total. The van der Waals surface area contributed by atoms with Gasteiger partial charge in [-0.25, -0.2) is 0 Å². The van der Waals surface area contributed by atoms with Crippen molar-refractivity contribution in [2.24, 2.45) is 11.7 Å². The van der Waals surface area contributed by atoms with Crippen LogP contribution >= 0.6 is 11.6 Å². The molecule has 0 aliphatic carbocycles. The van der Waals surface area contributed by atoms with Crippen LogP contribution in [0.5, 0.6) is 0 Å². The molecule has 182 valence electrons. The minimum Gasteiger partial charge on any atom is -0.458 e. The molecule has 0 fully saturated rings. The lowest BCUT2D eigenvalue weighted by molar-refractivity contribution is 0.0577. The molecule has 1 amide bonds. The van der Waals surface area contributed by atoms with E-state index in [1.807, 2.05) is 44.2 Å². The fourth-order valence-corrected chi connectivity index (χ4v) is 4.49. The Kier molecular flexibility index (Phi) is 7.68. The predicted molar refractivity (Wildman–Crippen MR) is 136 cm³/mol. The molecule has 1 unspecified atom stereocenters. The van der Waals surface area contributed by atoms with Crippen molar-refractivity contribution < 1.29 is 13.7 Å². The van der Waals surface area contributed by atoms with E-state index in [1.165, 1.54) is 12.3 Å². The van der Waals surface area contributed by atoms with Gasteiger partial charge in [-0.05, 0) is 36.6 Å². The Hall–Kier alpha value is -3.42. The molecule has 4 aromatic rings. The van der Waals surface area contributed by atoms with Gasteiger partial charge in [0.1, 0.15) is 17.6 Å². The number of fused-ring (bicyclic) bond motifs is 1. The summed E-state index contributed by atoms with van der Waals surface area (Å²) in [5, 5.41) is 4.75. The molecule has 0 bridgehead atoms. The second-order valence-corrected chi connectivity index (χ2v) is 9.23. The van der Waals surface area contributed by atoms with E-state index in [9.17, 15) is 9.59 Å². The van der Waals surface area contributed by atoms with Crippen molar-refractivity contribution in [1.29, 1.82) is 0 Å². The molecule has 2 aromatic heterocycles. The number of hydrogen-bond donors (Lipinski definition) is 1. The van der Waals surface area contributed by atoms with E-state index in [1.54, 1.807) is 23.1 Å². The summed E-state index contributed by atoms with van der Waals surface area (Å²) >= 11 is 6.22. The third-order valence-corrected chi connectivity index (χ3v) is 6.20. The smallest absolute Gasteiger partial charge is 0.276 e. The molecule has 35 heavy (non-hydrogen) atoms. The highest BCUT2D eigenvalue weighted by molar-refractivity contribution is 6.31. The van der Waals surface area contributed by atoms with Crippen LogP contribution < -0.4 is 11.2 Å². The Morgan fingerprint density at radius 2 is 1.91 bits per heavy atom. The maximum absolute atomic E-state index is 13.8. The molecule has 4 rings (SSSR count). The van der Waals surface area contributed by atoms with Gasteiger partial charge in [-0.1, -0.05) is 60.9 Å². The monoisotopic (exact) mass is 493 g/mol. The van der Waals surface area contributed by atoms with Crippen LogP contribution in [0, 0.1) is 5.92 Å². The highest BCUT2D eigenvalue weighted by Gasteiger charge is 2.34. The first-order chi connectivity index (χ1) is 16.9. The maximum atomic E-state index is 13.8. The first-order valence-electron chi connectivity index (χ1n) is 11.6. The first kappa shape index (κ1) is 24.7. The summed E-state index contributed by atoms with van der Waals surface area (Å²) in [5.74, 6) is 0.0424. The van der Waals surface area contributed by atoms with Crippen molar-refractivity contribution in [3.63, 3.8) is 0 Å². The van der Waals surface area contributed by atoms with Gasteiger partial charge < -0.3 is 19.6 Å². The van der Waals surface area contributed by atoms with Crippen LogP contribution in [0.15, 0.2) is 74.6 Å². The summed E-state index contributed by atoms with van der Waals surface area (Å²) in [7, 11) is 0. The SMILES string of the molecule is CC(C)C(c1oc2cc(Cl)ccc2c(=O)c1Cc1ccccc1)N(CCCN)C(=O)c1ccon1. The largest absolute Gasteiger partial charge is 0.458 e. The molecule has 0 saturated carbocycles. The number of rotatable bonds is 9. The number of hydrogen-bond acceptors (Lipinski definition) is 6. The number of carbonyl (C=O) groups is 1. The second kappa shape index (κ2) is 10.9. The quantitative estimate of drug-likeness (QED) is 0.343. The molecule has 2 heterocycles. The van der Waals surface area contributed by atoms with Gasteiger partial charge in [0.05, 0.1) is 11.4 Å². The third kappa shape index (κ3) is 5.31. The zero-order chi connectivity index (χ0) is 24.9. The van der Waals surface area contributed by atoms with Gasteiger partial charge in [-0.3, -0.25) is 9.59 Å². The lowest BCUT2D eigenvalue weighted by Gasteiger charge is -2.34. The predicted octanol–water partition coefficient (Wildman–Crippen LogP) is 5.21. The molecule has 0 aliphatic heterocycles. The van der Waals surface area contributed by atoms with Gasteiger partial charge in [0, 0.05) is 35.7 Å².